The lowest BCUT2D eigenvalue weighted by Crippen LogP contribution is -2.37. The van der Waals surface area contributed by atoms with Crippen LogP contribution in [0.2, 0.25) is 0 Å². The standard InChI is InChI=1S/C8H14O3/c1-6-5-8(2,7(9)10)3-4-11-6/h6H,3-5H2,1-2H3,(H,9,10). The Balaban J connectivity index is 2.63. The Morgan fingerprint density at radius 2 is 2.36 bits per heavy atom. The molecule has 0 spiro atoms. The van der Waals surface area contributed by atoms with Gasteiger partial charge < -0.3 is 9.84 Å². The van der Waals surface area contributed by atoms with Crippen LogP contribution in [0.4, 0.5) is 0 Å². The van der Waals surface area contributed by atoms with Crippen LogP contribution in [-0.2, 0) is 9.53 Å². The lowest BCUT2D eigenvalue weighted by Gasteiger charge is -2.33. The molecular formula is C8H14O3. The van der Waals surface area contributed by atoms with Crippen LogP contribution in [0.25, 0.3) is 0 Å². The molecule has 0 aromatic heterocycles. The highest BCUT2D eigenvalue weighted by Gasteiger charge is 2.37. The van der Waals surface area contributed by atoms with Crippen LogP contribution in [0.15, 0.2) is 0 Å². The van der Waals surface area contributed by atoms with E-state index < -0.39 is 11.4 Å². The van der Waals surface area contributed by atoms with Crippen molar-refractivity contribution in [2.24, 2.45) is 5.41 Å². The second-order valence-electron chi connectivity index (χ2n) is 3.50. The molecule has 3 heteroatoms. The third-order valence-corrected chi connectivity index (χ3v) is 2.31. The van der Waals surface area contributed by atoms with Gasteiger partial charge in [0.25, 0.3) is 0 Å². The van der Waals surface area contributed by atoms with Crippen LogP contribution in [0.5, 0.6) is 0 Å². The Kier molecular flexibility index (Phi) is 2.18. The van der Waals surface area contributed by atoms with Crippen molar-refractivity contribution >= 4 is 5.97 Å². The maximum atomic E-state index is 10.8. The quantitative estimate of drug-likeness (QED) is 0.625. The Bertz CT molecular complexity index is 167. The summed E-state index contributed by atoms with van der Waals surface area (Å²) in [6, 6.07) is 0. The monoisotopic (exact) mass is 158 g/mol. The predicted molar refractivity (Wildman–Crippen MR) is 40.4 cm³/mol. The van der Waals surface area contributed by atoms with Crippen LogP contribution in [0.1, 0.15) is 26.7 Å². The fraction of sp³-hybridized carbons (Fsp3) is 0.875. The molecule has 1 heterocycles. The molecule has 3 nitrogen and oxygen atoms in total. The van der Waals surface area contributed by atoms with Gasteiger partial charge in [-0.3, -0.25) is 4.79 Å². The van der Waals surface area contributed by atoms with E-state index in [0.717, 1.165) is 0 Å². The molecule has 1 fully saturated rings. The maximum absolute atomic E-state index is 10.8. The van der Waals surface area contributed by atoms with Gasteiger partial charge in [-0.1, -0.05) is 0 Å². The van der Waals surface area contributed by atoms with E-state index in [-0.39, 0.29) is 6.10 Å². The van der Waals surface area contributed by atoms with Crippen molar-refractivity contribution in [1.82, 2.24) is 0 Å². The van der Waals surface area contributed by atoms with Gasteiger partial charge in [-0.05, 0) is 26.7 Å². The fourth-order valence-electron chi connectivity index (χ4n) is 1.48. The molecule has 2 atom stereocenters. The molecule has 1 rings (SSSR count). The SMILES string of the molecule is CC1CC(C)(C(=O)O)CCO1. The average molecular weight is 158 g/mol. The largest absolute Gasteiger partial charge is 0.481 e. The van der Waals surface area contributed by atoms with Gasteiger partial charge >= 0.3 is 5.97 Å². The van der Waals surface area contributed by atoms with Gasteiger partial charge in [0.1, 0.15) is 0 Å². The maximum Gasteiger partial charge on any atom is 0.309 e. The number of hydrogen-bond acceptors (Lipinski definition) is 2. The Morgan fingerprint density at radius 3 is 2.73 bits per heavy atom. The first kappa shape index (κ1) is 8.53. The summed E-state index contributed by atoms with van der Waals surface area (Å²) < 4.78 is 5.26. The lowest BCUT2D eigenvalue weighted by molar-refractivity contribution is -0.156. The average Bonchev–Trinajstić information content (AvgIpc) is 1.86. The summed E-state index contributed by atoms with van der Waals surface area (Å²) in [6.45, 7) is 4.28. The lowest BCUT2D eigenvalue weighted by atomic mass is 9.80. The van der Waals surface area contributed by atoms with Crippen molar-refractivity contribution in [3.05, 3.63) is 0 Å². The summed E-state index contributed by atoms with van der Waals surface area (Å²) in [7, 11) is 0. The number of aliphatic carboxylic acids is 1. The van der Waals surface area contributed by atoms with Crippen molar-refractivity contribution in [3.63, 3.8) is 0 Å². The van der Waals surface area contributed by atoms with Crippen molar-refractivity contribution in [2.45, 2.75) is 32.8 Å². The molecule has 0 aromatic carbocycles. The second kappa shape index (κ2) is 2.81. The number of carboxylic acids is 1. The summed E-state index contributed by atoms with van der Waals surface area (Å²) in [5, 5.41) is 8.86. The van der Waals surface area contributed by atoms with Gasteiger partial charge in [-0.15, -0.1) is 0 Å². The van der Waals surface area contributed by atoms with E-state index in [4.69, 9.17) is 9.84 Å². The second-order valence-corrected chi connectivity index (χ2v) is 3.50. The van der Waals surface area contributed by atoms with E-state index in [2.05, 4.69) is 0 Å². The highest BCUT2D eigenvalue weighted by molar-refractivity contribution is 5.74. The molecule has 1 saturated heterocycles. The summed E-state index contributed by atoms with van der Waals surface area (Å²) in [5.41, 5.74) is -0.558. The molecule has 0 aliphatic carbocycles. The first-order chi connectivity index (χ1) is 5.04. The minimum absolute atomic E-state index is 0.0878. The topological polar surface area (TPSA) is 46.5 Å². The number of carboxylic acid groups (broad SMARTS) is 1. The van der Waals surface area contributed by atoms with E-state index in [1.807, 2.05) is 6.92 Å². The van der Waals surface area contributed by atoms with E-state index in [1.165, 1.54) is 0 Å². The van der Waals surface area contributed by atoms with Gasteiger partial charge in [-0.2, -0.15) is 0 Å². The summed E-state index contributed by atoms with van der Waals surface area (Å²) in [6.07, 6.45) is 1.35. The zero-order chi connectivity index (χ0) is 8.48. The minimum Gasteiger partial charge on any atom is -0.481 e. The Labute approximate surface area is 66.4 Å². The molecular weight excluding hydrogens is 144 g/mol. The molecule has 0 radical (unpaired) electrons. The zero-order valence-corrected chi connectivity index (χ0v) is 6.96. The smallest absolute Gasteiger partial charge is 0.309 e. The van der Waals surface area contributed by atoms with Crippen molar-refractivity contribution in [2.75, 3.05) is 6.61 Å². The summed E-state index contributed by atoms with van der Waals surface area (Å²) >= 11 is 0. The molecule has 0 aromatic rings. The van der Waals surface area contributed by atoms with Gasteiger partial charge in [0.2, 0.25) is 0 Å². The fourth-order valence-corrected chi connectivity index (χ4v) is 1.48. The van der Waals surface area contributed by atoms with Crippen molar-refractivity contribution in [1.29, 1.82) is 0 Å². The third-order valence-electron chi connectivity index (χ3n) is 2.31. The molecule has 1 aliphatic rings. The molecule has 1 aliphatic heterocycles. The number of ether oxygens (including phenoxy) is 1. The van der Waals surface area contributed by atoms with Crippen LogP contribution in [-0.4, -0.2) is 23.8 Å². The first-order valence-electron chi connectivity index (χ1n) is 3.89. The molecule has 0 amide bonds. The van der Waals surface area contributed by atoms with E-state index in [9.17, 15) is 4.79 Å². The Morgan fingerprint density at radius 1 is 1.73 bits per heavy atom. The van der Waals surface area contributed by atoms with E-state index in [0.29, 0.717) is 19.4 Å². The third kappa shape index (κ3) is 1.71. The number of carbonyl (C=O) groups is 1. The highest BCUT2D eigenvalue weighted by Crippen LogP contribution is 2.32. The van der Waals surface area contributed by atoms with Gasteiger partial charge in [0.15, 0.2) is 0 Å². The minimum atomic E-state index is -0.701. The molecule has 64 valence electrons. The summed E-state index contributed by atoms with van der Waals surface area (Å²) in [5.74, 6) is -0.701. The molecule has 0 bridgehead atoms. The number of rotatable bonds is 1. The molecule has 0 saturated carbocycles. The van der Waals surface area contributed by atoms with Crippen LogP contribution >= 0.6 is 0 Å². The van der Waals surface area contributed by atoms with E-state index >= 15 is 0 Å². The first-order valence-corrected chi connectivity index (χ1v) is 3.89. The van der Waals surface area contributed by atoms with Crippen LogP contribution in [0.3, 0.4) is 0 Å². The molecule has 1 N–H and O–H groups in total. The zero-order valence-electron chi connectivity index (χ0n) is 6.96. The normalized spacial score (nSPS) is 38.5. The molecule has 11 heavy (non-hydrogen) atoms. The van der Waals surface area contributed by atoms with Crippen LogP contribution in [0, 0.1) is 5.41 Å². The highest BCUT2D eigenvalue weighted by atomic mass is 16.5. The van der Waals surface area contributed by atoms with Crippen molar-refractivity contribution < 1.29 is 14.6 Å². The van der Waals surface area contributed by atoms with Gasteiger partial charge in [0.05, 0.1) is 11.5 Å². The predicted octanol–water partition coefficient (Wildman–Crippen LogP) is 1.28. The van der Waals surface area contributed by atoms with Gasteiger partial charge in [-0.25, -0.2) is 0 Å². The molecule has 2 unspecified atom stereocenters. The Hall–Kier alpha value is -0.570. The van der Waals surface area contributed by atoms with Gasteiger partial charge in [0, 0.05) is 6.61 Å². The van der Waals surface area contributed by atoms with Crippen LogP contribution < -0.4 is 0 Å². The van der Waals surface area contributed by atoms with E-state index in [1.54, 1.807) is 6.92 Å². The summed E-state index contributed by atoms with van der Waals surface area (Å²) in [4.78, 5) is 10.8. The number of hydrogen-bond donors (Lipinski definition) is 1. The van der Waals surface area contributed by atoms with Crippen molar-refractivity contribution in [3.8, 4) is 0 Å².